The van der Waals surface area contributed by atoms with Gasteiger partial charge >= 0.3 is 0 Å². The summed E-state index contributed by atoms with van der Waals surface area (Å²) in [5, 5.41) is 0. The molecular weight excluding hydrogens is 231 g/mol. The number of pyridine rings is 1. The first kappa shape index (κ1) is 12.2. The molecule has 0 unspecified atom stereocenters. The fraction of sp³-hybridized carbons (Fsp3) is 0.143. The number of carbonyl (C=O) groups excluding carboxylic acids is 1. The number of hydrogen-bond acceptors (Lipinski definition) is 3. The summed E-state index contributed by atoms with van der Waals surface area (Å²) in [5.41, 5.74) is 7.79. The highest BCUT2D eigenvalue weighted by molar-refractivity contribution is 6.11. The SMILES string of the molecule is Cc1cc(F)cc(C(=O)c2cc(C)cnc2N)c1. The van der Waals surface area contributed by atoms with Crippen molar-refractivity contribution in [1.82, 2.24) is 4.98 Å². The second-order valence-electron chi connectivity index (χ2n) is 4.29. The van der Waals surface area contributed by atoms with Gasteiger partial charge in [0.05, 0.1) is 5.56 Å². The van der Waals surface area contributed by atoms with E-state index < -0.39 is 5.82 Å². The van der Waals surface area contributed by atoms with Gasteiger partial charge in [0.1, 0.15) is 11.6 Å². The molecule has 1 aromatic carbocycles. The molecule has 0 saturated heterocycles. The number of nitrogens with zero attached hydrogens (tertiary/aromatic N) is 1. The average molecular weight is 244 g/mol. The van der Waals surface area contributed by atoms with Crippen molar-refractivity contribution in [3.63, 3.8) is 0 Å². The standard InChI is InChI=1S/C14H13FN2O/c1-8-3-10(6-11(15)4-8)13(18)12-5-9(2)7-17-14(12)16/h3-7H,1-2H3,(H2,16,17). The molecule has 0 saturated carbocycles. The van der Waals surface area contributed by atoms with Crippen LogP contribution in [0.15, 0.2) is 30.5 Å². The number of carbonyl (C=O) groups is 1. The molecule has 0 bridgehead atoms. The number of nitrogen functional groups attached to an aromatic ring is 1. The molecule has 2 rings (SSSR count). The summed E-state index contributed by atoms with van der Waals surface area (Å²) in [7, 11) is 0. The van der Waals surface area contributed by atoms with Crippen molar-refractivity contribution in [2.24, 2.45) is 0 Å². The lowest BCUT2D eigenvalue weighted by molar-refractivity contribution is 0.103. The van der Waals surface area contributed by atoms with E-state index in [1.54, 1.807) is 25.3 Å². The molecule has 2 aromatic rings. The molecule has 92 valence electrons. The lowest BCUT2D eigenvalue weighted by atomic mass is 10.0. The minimum atomic E-state index is -0.433. The second-order valence-corrected chi connectivity index (χ2v) is 4.29. The fourth-order valence-corrected chi connectivity index (χ4v) is 1.78. The zero-order valence-corrected chi connectivity index (χ0v) is 10.2. The summed E-state index contributed by atoms with van der Waals surface area (Å²) in [6.45, 7) is 3.55. The number of aromatic nitrogens is 1. The van der Waals surface area contributed by atoms with Crippen LogP contribution >= 0.6 is 0 Å². The van der Waals surface area contributed by atoms with Gasteiger partial charge in [-0.1, -0.05) is 0 Å². The van der Waals surface area contributed by atoms with Crippen molar-refractivity contribution in [2.75, 3.05) is 5.73 Å². The van der Waals surface area contributed by atoms with Gasteiger partial charge in [0.25, 0.3) is 0 Å². The van der Waals surface area contributed by atoms with Gasteiger partial charge in [-0.05, 0) is 49.2 Å². The topological polar surface area (TPSA) is 56.0 Å². The average Bonchev–Trinajstić information content (AvgIpc) is 2.30. The lowest BCUT2D eigenvalue weighted by Crippen LogP contribution is -2.08. The van der Waals surface area contributed by atoms with Crippen molar-refractivity contribution in [3.8, 4) is 0 Å². The molecule has 0 aliphatic rings. The van der Waals surface area contributed by atoms with Crippen LogP contribution in [-0.4, -0.2) is 10.8 Å². The highest BCUT2D eigenvalue weighted by Gasteiger charge is 2.14. The van der Waals surface area contributed by atoms with E-state index in [4.69, 9.17) is 5.73 Å². The smallest absolute Gasteiger partial charge is 0.196 e. The Bertz CT molecular complexity index is 603. The first-order valence-corrected chi connectivity index (χ1v) is 5.51. The molecule has 0 atom stereocenters. The first-order chi connectivity index (χ1) is 8.47. The fourth-order valence-electron chi connectivity index (χ4n) is 1.78. The zero-order chi connectivity index (χ0) is 13.3. The van der Waals surface area contributed by atoms with E-state index in [-0.39, 0.29) is 17.2 Å². The first-order valence-electron chi connectivity index (χ1n) is 5.51. The molecule has 18 heavy (non-hydrogen) atoms. The maximum absolute atomic E-state index is 13.3. The van der Waals surface area contributed by atoms with Crippen LogP contribution in [0.4, 0.5) is 10.2 Å². The Morgan fingerprint density at radius 2 is 1.89 bits per heavy atom. The van der Waals surface area contributed by atoms with Gasteiger partial charge in [-0.3, -0.25) is 4.79 Å². The monoisotopic (exact) mass is 244 g/mol. The van der Waals surface area contributed by atoms with Gasteiger partial charge in [-0.15, -0.1) is 0 Å². The molecule has 2 N–H and O–H groups in total. The quantitative estimate of drug-likeness (QED) is 0.826. The summed E-state index contributed by atoms with van der Waals surface area (Å²) in [4.78, 5) is 16.2. The summed E-state index contributed by atoms with van der Waals surface area (Å²) in [6, 6.07) is 5.86. The van der Waals surface area contributed by atoms with Crippen molar-refractivity contribution >= 4 is 11.6 Å². The maximum atomic E-state index is 13.3. The second kappa shape index (κ2) is 4.56. The summed E-state index contributed by atoms with van der Waals surface area (Å²) < 4.78 is 13.3. The van der Waals surface area contributed by atoms with Gasteiger partial charge in [-0.25, -0.2) is 9.37 Å². The van der Waals surface area contributed by atoms with Crippen LogP contribution in [0, 0.1) is 19.7 Å². The van der Waals surface area contributed by atoms with E-state index in [2.05, 4.69) is 4.98 Å². The zero-order valence-electron chi connectivity index (χ0n) is 10.2. The highest BCUT2D eigenvalue weighted by Crippen LogP contribution is 2.18. The number of hydrogen-bond donors (Lipinski definition) is 1. The molecule has 0 aliphatic carbocycles. The molecule has 0 radical (unpaired) electrons. The van der Waals surface area contributed by atoms with Crippen molar-refractivity contribution in [2.45, 2.75) is 13.8 Å². The van der Waals surface area contributed by atoms with Gasteiger partial charge < -0.3 is 5.73 Å². The van der Waals surface area contributed by atoms with E-state index in [9.17, 15) is 9.18 Å². The number of halogens is 1. The molecule has 1 heterocycles. The molecule has 3 nitrogen and oxygen atoms in total. The van der Waals surface area contributed by atoms with Gasteiger partial charge in [0, 0.05) is 11.8 Å². The Hall–Kier alpha value is -2.23. The largest absolute Gasteiger partial charge is 0.383 e. The lowest BCUT2D eigenvalue weighted by Gasteiger charge is -2.06. The number of rotatable bonds is 2. The Morgan fingerprint density at radius 3 is 2.56 bits per heavy atom. The number of benzene rings is 1. The highest BCUT2D eigenvalue weighted by atomic mass is 19.1. The number of aryl methyl sites for hydroxylation is 2. The van der Waals surface area contributed by atoms with Crippen LogP contribution in [0.5, 0.6) is 0 Å². The van der Waals surface area contributed by atoms with Crippen LogP contribution < -0.4 is 5.73 Å². The van der Waals surface area contributed by atoms with Gasteiger partial charge in [-0.2, -0.15) is 0 Å². The van der Waals surface area contributed by atoms with Crippen LogP contribution in [0.2, 0.25) is 0 Å². The normalized spacial score (nSPS) is 10.4. The van der Waals surface area contributed by atoms with E-state index >= 15 is 0 Å². The third kappa shape index (κ3) is 2.37. The van der Waals surface area contributed by atoms with Gasteiger partial charge in [0.15, 0.2) is 5.78 Å². The maximum Gasteiger partial charge on any atom is 0.196 e. The van der Waals surface area contributed by atoms with Crippen LogP contribution in [0.3, 0.4) is 0 Å². The van der Waals surface area contributed by atoms with E-state index in [0.29, 0.717) is 11.1 Å². The molecule has 0 fully saturated rings. The molecule has 4 heteroatoms. The minimum absolute atomic E-state index is 0.160. The summed E-state index contributed by atoms with van der Waals surface area (Å²) in [6.07, 6.45) is 1.59. The van der Waals surface area contributed by atoms with Crippen LogP contribution in [-0.2, 0) is 0 Å². The van der Waals surface area contributed by atoms with E-state index in [0.717, 1.165) is 5.56 Å². The number of ketones is 1. The van der Waals surface area contributed by atoms with Gasteiger partial charge in [0.2, 0.25) is 0 Å². The predicted octanol–water partition coefficient (Wildman–Crippen LogP) is 2.65. The predicted molar refractivity (Wildman–Crippen MR) is 68.0 cm³/mol. The Kier molecular flexibility index (Phi) is 3.10. The van der Waals surface area contributed by atoms with Crippen molar-refractivity contribution < 1.29 is 9.18 Å². The summed E-state index contributed by atoms with van der Waals surface area (Å²) >= 11 is 0. The third-order valence-corrected chi connectivity index (χ3v) is 2.60. The number of anilines is 1. The molecule has 1 aromatic heterocycles. The molecule has 0 spiro atoms. The van der Waals surface area contributed by atoms with Crippen molar-refractivity contribution in [1.29, 1.82) is 0 Å². The Morgan fingerprint density at radius 1 is 1.17 bits per heavy atom. The number of nitrogens with two attached hydrogens (primary N) is 1. The third-order valence-electron chi connectivity index (χ3n) is 2.60. The van der Waals surface area contributed by atoms with E-state index in [1.807, 2.05) is 6.92 Å². The molecule has 0 amide bonds. The Balaban J connectivity index is 2.51. The minimum Gasteiger partial charge on any atom is -0.383 e. The molecule has 0 aliphatic heterocycles. The Labute approximate surface area is 104 Å². The van der Waals surface area contributed by atoms with Crippen LogP contribution in [0.1, 0.15) is 27.0 Å². The summed E-state index contributed by atoms with van der Waals surface area (Å²) in [5.74, 6) is -0.587. The molecular formula is C14H13FN2O. The van der Waals surface area contributed by atoms with Crippen LogP contribution in [0.25, 0.3) is 0 Å². The van der Waals surface area contributed by atoms with Crippen molar-refractivity contribution in [3.05, 3.63) is 58.5 Å². The van der Waals surface area contributed by atoms with E-state index in [1.165, 1.54) is 12.1 Å².